The van der Waals surface area contributed by atoms with Crippen LogP contribution in [0.3, 0.4) is 0 Å². The van der Waals surface area contributed by atoms with Gasteiger partial charge < -0.3 is 10.2 Å². The molecule has 1 aliphatic heterocycles. The molecule has 0 radical (unpaired) electrons. The molecule has 2 unspecified atom stereocenters. The van der Waals surface area contributed by atoms with Crippen LogP contribution in [0.25, 0.3) is 0 Å². The molecule has 2 atom stereocenters. The van der Waals surface area contributed by atoms with Crippen molar-refractivity contribution < 1.29 is 4.79 Å². The smallest absolute Gasteiger partial charge is 0.211 e. The molecule has 1 saturated carbocycles. The molecule has 1 saturated heterocycles. The summed E-state index contributed by atoms with van der Waals surface area (Å²) in [4.78, 5) is 12.8. The minimum atomic E-state index is 0.718. The molecule has 2 fully saturated rings. The van der Waals surface area contributed by atoms with E-state index in [4.69, 9.17) is 0 Å². The molecule has 0 bridgehead atoms. The molecule has 1 amide bonds. The highest BCUT2D eigenvalue weighted by atomic mass is 16.1. The number of carbonyl (C=O) groups excluding carboxylic acids is 1. The first-order valence-electron chi connectivity index (χ1n) is 6.42. The van der Waals surface area contributed by atoms with Crippen molar-refractivity contribution in [2.24, 2.45) is 11.8 Å². The van der Waals surface area contributed by atoms with E-state index in [1.807, 2.05) is 12.1 Å². The Labute approximate surface area is 102 Å². The highest BCUT2D eigenvalue weighted by Crippen LogP contribution is 2.39. The SMILES string of the molecule is O=CNc1ccc(N2CC3CCCC3C2)cc1. The number of hydrogen-bond donors (Lipinski definition) is 1. The number of amides is 1. The van der Waals surface area contributed by atoms with Crippen LogP contribution >= 0.6 is 0 Å². The van der Waals surface area contributed by atoms with Gasteiger partial charge in [-0.05, 0) is 48.9 Å². The molecular formula is C14H18N2O. The maximum absolute atomic E-state index is 10.3. The number of carbonyl (C=O) groups is 1. The second-order valence-electron chi connectivity index (χ2n) is 5.17. The van der Waals surface area contributed by atoms with Crippen molar-refractivity contribution in [3.8, 4) is 0 Å². The van der Waals surface area contributed by atoms with E-state index in [9.17, 15) is 4.79 Å². The van der Waals surface area contributed by atoms with Crippen molar-refractivity contribution in [3.63, 3.8) is 0 Å². The Morgan fingerprint density at radius 1 is 1.12 bits per heavy atom. The monoisotopic (exact) mass is 230 g/mol. The van der Waals surface area contributed by atoms with Gasteiger partial charge in [-0.15, -0.1) is 0 Å². The van der Waals surface area contributed by atoms with E-state index >= 15 is 0 Å². The lowest BCUT2D eigenvalue weighted by Crippen LogP contribution is -2.20. The molecule has 1 heterocycles. The van der Waals surface area contributed by atoms with Gasteiger partial charge in [0.25, 0.3) is 0 Å². The zero-order valence-electron chi connectivity index (χ0n) is 9.93. The summed E-state index contributed by atoms with van der Waals surface area (Å²) in [7, 11) is 0. The van der Waals surface area contributed by atoms with Crippen molar-refractivity contribution in [2.75, 3.05) is 23.3 Å². The molecule has 3 rings (SSSR count). The first-order chi connectivity index (χ1) is 8.36. The largest absolute Gasteiger partial charge is 0.371 e. The normalized spacial score (nSPS) is 26.9. The van der Waals surface area contributed by atoms with E-state index in [1.165, 1.54) is 38.0 Å². The van der Waals surface area contributed by atoms with Gasteiger partial charge in [0.2, 0.25) is 6.41 Å². The maximum Gasteiger partial charge on any atom is 0.211 e. The van der Waals surface area contributed by atoms with Gasteiger partial charge in [0.1, 0.15) is 0 Å². The number of fused-ring (bicyclic) bond motifs is 1. The standard InChI is InChI=1S/C14H18N2O/c17-10-15-13-4-6-14(7-5-13)16-8-11-2-1-3-12(11)9-16/h4-7,10-12H,1-3,8-9H2,(H,15,17). The third-order valence-corrected chi connectivity index (χ3v) is 4.18. The number of nitrogens with zero attached hydrogens (tertiary/aromatic N) is 1. The minimum Gasteiger partial charge on any atom is -0.371 e. The Morgan fingerprint density at radius 2 is 1.76 bits per heavy atom. The van der Waals surface area contributed by atoms with Crippen molar-refractivity contribution in [1.29, 1.82) is 0 Å². The molecule has 1 aliphatic carbocycles. The van der Waals surface area contributed by atoms with E-state index in [1.54, 1.807) is 0 Å². The van der Waals surface area contributed by atoms with Crippen LogP contribution in [-0.4, -0.2) is 19.5 Å². The second-order valence-corrected chi connectivity index (χ2v) is 5.17. The van der Waals surface area contributed by atoms with Gasteiger partial charge in [0.15, 0.2) is 0 Å². The molecule has 1 N–H and O–H groups in total. The number of benzene rings is 1. The summed E-state index contributed by atoms with van der Waals surface area (Å²) >= 11 is 0. The van der Waals surface area contributed by atoms with Gasteiger partial charge in [-0.2, -0.15) is 0 Å². The van der Waals surface area contributed by atoms with Crippen LogP contribution < -0.4 is 10.2 Å². The summed E-state index contributed by atoms with van der Waals surface area (Å²) < 4.78 is 0. The van der Waals surface area contributed by atoms with E-state index in [0.29, 0.717) is 0 Å². The quantitative estimate of drug-likeness (QED) is 0.809. The fourth-order valence-electron chi connectivity index (χ4n) is 3.28. The summed E-state index contributed by atoms with van der Waals surface area (Å²) in [5.41, 5.74) is 2.15. The highest BCUT2D eigenvalue weighted by Gasteiger charge is 2.35. The first kappa shape index (κ1) is 10.6. The Morgan fingerprint density at radius 3 is 2.35 bits per heavy atom. The van der Waals surface area contributed by atoms with Crippen LogP contribution in [0.4, 0.5) is 11.4 Å². The van der Waals surface area contributed by atoms with Crippen LogP contribution in [0.1, 0.15) is 19.3 Å². The van der Waals surface area contributed by atoms with E-state index in [2.05, 4.69) is 22.3 Å². The summed E-state index contributed by atoms with van der Waals surface area (Å²) in [5.74, 6) is 1.84. The van der Waals surface area contributed by atoms with Crippen LogP contribution in [0.5, 0.6) is 0 Å². The number of nitrogens with one attached hydrogen (secondary N) is 1. The molecule has 0 spiro atoms. The van der Waals surface area contributed by atoms with Crippen molar-refractivity contribution >= 4 is 17.8 Å². The molecular weight excluding hydrogens is 212 g/mol. The predicted molar refractivity (Wildman–Crippen MR) is 69.2 cm³/mol. The average Bonchev–Trinajstić information content (AvgIpc) is 2.90. The van der Waals surface area contributed by atoms with Gasteiger partial charge in [-0.3, -0.25) is 4.79 Å². The van der Waals surface area contributed by atoms with Crippen LogP contribution in [-0.2, 0) is 4.79 Å². The summed E-state index contributed by atoms with van der Waals surface area (Å²) in [6.45, 7) is 2.43. The predicted octanol–water partition coefficient (Wildman–Crippen LogP) is 2.49. The summed E-state index contributed by atoms with van der Waals surface area (Å²) in [6.07, 6.45) is 4.96. The average molecular weight is 230 g/mol. The second kappa shape index (κ2) is 4.40. The summed E-state index contributed by atoms with van der Waals surface area (Å²) in [6, 6.07) is 8.15. The van der Waals surface area contributed by atoms with Gasteiger partial charge in [-0.25, -0.2) is 0 Å². The number of rotatable bonds is 3. The zero-order valence-corrected chi connectivity index (χ0v) is 9.93. The van der Waals surface area contributed by atoms with Crippen LogP contribution in [0.15, 0.2) is 24.3 Å². The molecule has 3 heteroatoms. The van der Waals surface area contributed by atoms with E-state index < -0.39 is 0 Å². The first-order valence-corrected chi connectivity index (χ1v) is 6.42. The zero-order chi connectivity index (χ0) is 11.7. The number of hydrogen-bond acceptors (Lipinski definition) is 2. The highest BCUT2D eigenvalue weighted by molar-refractivity contribution is 5.72. The Balaban J connectivity index is 1.70. The molecule has 1 aromatic carbocycles. The van der Waals surface area contributed by atoms with E-state index in [0.717, 1.165) is 23.9 Å². The van der Waals surface area contributed by atoms with Crippen molar-refractivity contribution in [2.45, 2.75) is 19.3 Å². The Hall–Kier alpha value is -1.51. The molecule has 17 heavy (non-hydrogen) atoms. The summed E-state index contributed by atoms with van der Waals surface area (Å²) in [5, 5.41) is 2.67. The lowest BCUT2D eigenvalue weighted by atomic mass is 10.0. The van der Waals surface area contributed by atoms with Crippen LogP contribution in [0, 0.1) is 11.8 Å². The Bertz CT molecular complexity index is 389. The fourth-order valence-corrected chi connectivity index (χ4v) is 3.28. The van der Waals surface area contributed by atoms with Gasteiger partial charge in [-0.1, -0.05) is 6.42 Å². The lowest BCUT2D eigenvalue weighted by molar-refractivity contribution is -0.105. The Kier molecular flexibility index (Phi) is 2.75. The van der Waals surface area contributed by atoms with Crippen LogP contribution in [0.2, 0.25) is 0 Å². The van der Waals surface area contributed by atoms with E-state index in [-0.39, 0.29) is 0 Å². The maximum atomic E-state index is 10.3. The molecule has 0 aromatic heterocycles. The van der Waals surface area contributed by atoms with Crippen molar-refractivity contribution in [1.82, 2.24) is 0 Å². The third-order valence-electron chi connectivity index (χ3n) is 4.18. The van der Waals surface area contributed by atoms with Gasteiger partial charge in [0.05, 0.1) is 0 Å². The van der Waals surface area contributed by atoms with Gasteiger partial charge >= 0.3 is 0 Å². The number of anilines is 2. The molecule has 3 nitrogen and oxygen atoms in total. The minimum absolute atomic E-state index is 0.718. The lowest BCUT2D eigenvalue weighted by Gasteiger charge is -2.19. The molecule has 1 aromatic rings. The van der Waals surface area contributed by atoms with Crippen molar-refractivity contribution in [3.05, 3.63) is 24.3 Å². The van der Waals surface area contributed by atoms with Gasteiger partial charge in [0, 0.05) is 24.5 Å². The molecule has 2 aliphatic rings. The third kappa shape index (κ3) is 2.02. The topological polar surface area (TPSA) is 32.3 Å². The fraction of sp³-hybridized carbons (Fsp3) is 0.500. The molecule has 90 valence electrons.